The summed E-state index contributed by atoms with van der Waals surface area (Å²) >= 11 is 6.28. The highest BCUT2D eigenvalue weighted by Crippen LogP contribution is 2.56. The summed E-state index contributed by atoms with van der Waals surface area (Å²) in [6.07, 6.45) is 2.54. The number of amides is 3. The number of non-ortho nitro benzene ring substituents is 1. The SMILES string of the molecule is O=C(CN(C(=O)c1ccccc1Cl)N1C(=O)[C@H]2[C@H]3CC[C@@H](C3)[C@@H]2C1=O)c1ccc(OC(=O)c2ccc([N+](=O)[O-])cc2)cc1. The van der Waals surface area contributed by atoms with E-state index in [1.54, 1.807) is 12.1 Å². The number of ketones is 1. The summed E-state index contributed by atoms with van der Waals surface area (Å²) in [6, 6.07) is 16.6. The topological polar surface area (TPSA) is 144 Å². The van der Waals surface area contributed by atoms with Crippen LogP contribution in [0.4, 0.5) is 5.69 Å². The first kappa shape index (κ1) is 28.2. The van der Waals surface area contributed by atoms with Crippen molar-refractivity contribution in [3.8, 4) is 5.75 Å². The van der Waals surface area contributed by atoms with Gasteiger partial charge in [0.05, 0.1) is 32.9 Å². The molecule has 0 radical (unpaired) electrons. The van der Waals surface area contributed by atoms with Gasteiger partial charge in [0.15, 0.2) is 5.78 Å². The number of hydrazine groups is 1. The molecule has 3 fully saturated rings. The second-order valence-corrected chi connectivity index (χ2v) is 11.3. The van der Waals surface area contributed by atoms with Crippen LogP contribution in [0.15, 0.2) is 72.8 Å². The van der Waals surface area contributed by atoms with E-state index in [2.05, 4.69) is 0 Å². The summed E-state index contributed by atoms with van der Waals surface area (Å²) < 4.78 is 5.31. The lowest BCUT2D eigenvalue weighted by molar-refractivity contribution is -0.384. The smallest absolute Gasteiger partial charge is 0.343 e. The highest BCUT2D eigenvalue weighted by Gasteiger charge is 2.62. The van der Waals surface area contributed by atoms with Crippen LogP contribution in [0.1, 0.15) is 50.3 Å². The summed E-state index contributed by atoms with van der Waals surface area (Å²) in [6.45, 7) is -0.599. The van der Waals surface area contributed by atoms with Crippen LogP contribution in [0.5, 0.6) is 5.75 Å². The zero-order valence-corrected chi connectivity index (χ0v) is 23.3. The molecule has 11 nitrogen and oxygen atoms in total. The Morgan fingerprint density at radius 2 is 1.47 bits per heavy atom. The fourth-order valence-electron chi connectivity index (χ4n) is 6.46. The van der Waals surface area contributed by atoms with E-state index in [4.69, 9.17) is 16.3 Å². The summed E-state index contributed by atoms with van der Waals surface area (Å²) in [5, 5.41) is 12.7. The van der Waals surface area contributed by atoms with Gasteiger partial charge in [-0.25, -0.2) is 9.80 Å². The Labute approximate surface area is 250 Å². The second-order valence-electron chi connectivity index (χ2n) is 10.9. The van der Waals surface area contributed by atoms with E-state index >= 15 is 0 Å². The standard InChI is InChI=1S/C31H24ClN3O8/c32-24-4-2-1-3-23(24)28(37)33(34-29(38)26-19-5-6-20(15-19)27(26)30(34)39)16-25(36)17-9-13-22(14-10-17)43-31(40)18-7-11-21(12-8-18)35(41)42/h1-4,7-14,19-20,26-27H,5-6,15-16H2/t19-,20-,26-,27-/m0/s1. The van der Waals surface area contributed by atoms with Gasteiger partial charge in [0, 0.05) is 17.7 Å². The van der Waals surface area contributed by atoms with Gasteiger partial charge in [-0.3, -0.25) is 29.3 Å². The van der Waals surface area contributed by atoms with Gasteiger partial charge < -0.3 is 4.74 Å². The number of ether oxygens (including phenoxy) is 1. The van der Waals surface area contributed by atoms with Gasteiger partial charge in [0.25, 0.3) is 23.4 Å². The van der Waals surface area contributed by atoms with Crippen molar-refractivity contribution in [3.05, 3.63) is 105 Å². The third-order valence-electron chi connectivity index (χ3n) is 8.48. The molecule has 0 unspecified atom stereocenters. The number of fused-ring (bicyclic) bond motifs is 5. The summed E-state index contributed by atoms with van der Waals surface area (Å²) in [7, 11) is 0. The largest absolute Gasteiger partial charge is 0.423 e. The number of Topliss-reactive ketones (excluding diaryl/α,β-unsaturated/α-hetero) is 1. The monoisotopic (exact) mass is 601 g/mol. The molecule has 3 aliphatic rings. The van der Waals surface area contributed by atoms with E-state index in [1.165, 1.54) is 60.7 Å². The van der Waals surface area contributed by atoms with Gasteiger partial charge in [-0.2, -0.15) is 5.01 Å². The number of benzene rings is 3. The van der Waals surface area contributed by atoms with Gasteiger partial charge in [-0.05, 0) is 79.6 Å². The molecule has 2 aliphatic carbocycles. The molecular weight excluding hydrogens is 578 g/mol. The molecule has 2 bridgehead atoms. The molecule has 3 amide bonds. The lowest BCUT2D eigenvalue weighted by Gasteiger charge is -2.31. The first-order valence-electron chi connectivity index (χ1n) is 13.7. The second kappa shape index (κ2) is 11.1. The van der Waals surface area contributed by atoms with Crippen molar-refractivity contribution in [1.29, 1.82) is 0 Å². The Balaban J connectivity index is 1.22. The highest BCUT2D eigenvalue weighted by molar-refractivity contribution is 6.34. The quantitative estimate of drug-likeness (QED) is 0.0899. The number of nitro groups is 1. The first-order valence-corrected chi connectivity index (χ1v) is 14.1. The maximum atomic E-state index is 13.7. The van der Waals surface area contributed by atoms with Crippen molar-refractivity contribution in [1.82, 2.24) is 10.0 Å². The minimum absolute atomic E-state index is 0.0473. The fourth-order valence-corrected chi connectivity index (χ4v) is 6.68. The lowest BCUT2D eigenvalue weighted by atomic mass is 9.81. The van der Waals surface area contributed by atoms with E-state index in [0.29, 0.717) is 0 Å². The molecule has 3 aromatic rings. The van der Waals surface area contributed by atoms with Crippen LogP contribution in [0, 0.1) is 33.8 Å². The normalized spacial score (nSPS) is 21.9. The number of imide groups is 1. The molecule has 4 atom stereocenters. The minimum atomic E-state index is -0.754. The van der Waals surface area contributed by atoms with E-state index in [-0.39, 0.29) is 45.0 Å². The average Bonchev–Trinajstić information content (AvgIpc) is 3.70. The molecule has 218 valence electrons. The Kier molecular flexibility index (Phi) is 7.26. The number of carbonyl (C=O) groups excluding carboxylic acids is 5. The van der Waals surface area contributed by atoms with Crippen molar-refractivity contribution in [2.45, 2.75) is 19.3 Å². The van der Waals surface area contributed by atoms with E-state index < -0.39 is 52.8 Å². The molecule has 1 saturated heterocycles. The number of nitrogens with zero attached hydrogens (tertiary/aromatic N) is 3. The number of halogens is 1. The van der Waals surface area contributed by atoms with Gasteiger partial charge in [0.1, 0.15) is 12.3 Å². The van der Waals surface area contributed by atoms with Crippen LogP contribution in [-0.4, -0.2) is 51.0 Å². The molecule has 0 aromatic heterocycles. The average molecular weight is 602 g/mol. The van der Waals surface area contributed by atoms with Crippen LogP contribution in [-0.2, 0) is 9.59 Å². The van der Waals surface area contributed by atoms with Crippen molar-refractivity contribution in [2.24, 2.45) is 23.7 Å². The van der Waals surface area contributed by atoms with Gasteiger partial charge >= 0.3 is 5.97 Å². The molecule has 6 rings (SSSR count). The highest BCUT2D eigenvalue weighted by atomic mass is 35.5. The number of rotatable bonds is 8. The Hall–Kier alpha value is -4.90. The maximum absolute atomic E-state index is 13.7. The van der Waals surface area contributed by atoms with Crippen LogP contribution in [0.25, 0.3) is 0 Å². The third kappa shape index (κ3) is 5.05. The Bertz CT molecular complexity index is 1640. The molecule has 12 heteroatoms. The molecule has 1 heterocycles. The summed E-state index contributed by atoms with van der Waals surface area (Å²) in [4.78, 5) is 77.0. The molecule has 1 aliphatic heterocycles. The zero-order valence-electron chi connectivity index (χ0n) is 22.6. The van der Waals surface area contributed by atoms with Gasteiger partial charge in [-0.1, -0.05) is 23.7 Å². The number of hydrogen-bond acceptors (Lipinski definition) is 8. The summed E-state index contributed by atoms with van der Waals surface area (Å²) in [5.41, 5.74) is 0.115. The first-order chi connectivity index (χ1) is 20.6. The van der Waals surface area contributed by atoms with Crippen LogP contribution < -0.4 is 4.74 Å². The van der Waals surface area contributed by atoms with Crippen LogP contribution in [0.3, 0.4) is 0 Å². The minimum Gasteiger partial charge on any atom is -0.423 e. The van der Waals surface area contributed by atoms with Crippen molar-refractivity contribution in [2.75, 3.05) is 6.54 Å². The van der Waals surface area contributed by atoms with Crippen LogP contribution in [0.2, 0.25) is 5.02 Å². The predicted octanol–water partition coefficient (Wildman–Crippen LogP) is 4.74. The molecule has 43 heavy (non-hydrogen) atoms. The third-order valence-corrected chi connectivity index (χ3v) is 8.81. The Morgan fingerprint density at radius 1 is 0.884 bits per heavy atom. The number of esters is 1. The number of hydrogen-bond donors (Lipinski definition) is 0. The zero-order chi connectivity index (χ0) is 30.4. The molecule has 0 spiro atoms. The number of nitro benzene ring substituents is 1. The van der Waals surface area contributed by atoms with Gasteiger partial charge in [-0.15, -0.1) is 0 Å². The predicted molar refractivity (Wildman–Crippen MR) is 151 cm³/mol. The van der Waals surface area contributed by atoms with Gasteiger partial charge in [0.2, 0.25) is 0 Å². The number of carbonyl (C=O) groups is 5. The molecular formula is C31H24ClN3O8. The summed E-state index contributed by atoms with van der Waals surface area (Å²) in [5.74, 6) is -3.70. The van der Waals surface area contributed by atoms with E-state index in [1.807, 2.05) is 0 Å². The van der Waals surface area contributed by atoms with Crippen LogP contribution >= 0.6 is 11.6 Å². The van der Waals surface area contributed by atoms with E-state index in [9.17, 15) is 34.1 Å². The molecule has 0 N–H and O–H groups in total. The maximum Gasteiger partial charge on any atom is 0.343 e. The van der Waals surface area contributed by atoms with E-state index in [0.717, 1.165) is 29.3 Å². The van der Waals surface area contributed by atoms with Crippen molar-refractivity contribution in [3.63, 3.8) is 0 Å². The molecule has 2 saturated carbocycles. The fraction of sp³-hybridized carbons (Fsp3) is 0.258. The Morgan fingerprint density at radius 3 is 2.05 bits per heavy atom. The van der Waals surface area contributed by atoms with Crippen molar-refractivity contribution < 1.29 is 33.6 Å². The lowest BCUT2D eigenvalue weighted by Crippen LogP contribution is -2.52. The molecule has 3 aromatic carbocycles. The van der Waals surface area contributed by atoms with Crippen molar-refractivity contribution >= 4 is 46.8 Å².